The lowest BCUT2D eigenvalue weighted by Crippen LogP contribution is -2.17. The maximum atomic E-state index is 4.27. The Balaban J connectivity index is 0.000000163. The van der Waals surface area contributed by atoms with Crippen LogP contribution in [-0.2, 0) is 22.7 Å². The molecule has 664 valence electrons. The third kappa shape index (κ3) is 14.8. The second kappa shape index (κ2) is 34.1. The summed E-state index contributed by atoms with van der Waals surface area (Å²) in [4.78, 5) is 5.25. The number of benzene rings is 20. The first-order valence-electron chi connectivity index (χ1n) is 48.5. The number of anilines is 6. The molecule has 0 radical (unpaired) electrons. The fourth-order valence-corrected chi connectivity index (χ4v) is 24.4. The Morgan fingerprint density at radius 2 is 0.578 bits per heavy atom. The van der Waals surface area contributed by atoms with Gasteiger partial charge < -0.3 is 9.80 Å². The highest BCUT2D eigenvalue weighted by Gasteiger charge is 2.41. The lowest BCUT2D eigenvalue weighted by molar-refractivity contribution is 0.659. The molecule has 20 aromatic carbocycles. The average Bonchev–Trinajstić information content (AvgIpc) is 1.41. The van der Waals surface area contributed by atoms with E-state index in [1.54, 1.807) is 0 Å². The Morgan fingerprint density at radius 1 is 0.244 bits per heavy atom. The molecule has 0 aromatic heterocycles. The fourth-order valence-electron chi connectivity index (χ4n) is 23.2. The van der Waals surface area contributed by atoms with Gasteiger partial charge in [-0.3, -0.25) is 0 Å². The monoisotopic (exact) mass is 1880 g/mol. The van der Waals surface area contributed by atoms with Crippen molar-refractivity contribution in [2.24, 2.45) is 0 Å². The van der Waals surface area contributed by atoms with E-state index in [2.05, 4.69) is 507 Å². The highest BCUT2D eigenvalue weighted by Crippen LogP contribution is 2.59. The summed E-state index contributed by atoms with van der Waals surface area (Å²) >= 11 is 7.59. The fraction of sp³-hybridized carbons (Fsp3) is 0.198. The summed E-state index contributed by atoms with van der Waals surface area (Å²) in [6.45, 7) is 46.1. The summed E-state index contributed by atoms with van der Waals surface area (Å²) < 4.78 is 2.33. The number of hydrogen-bond acceptors (Lipinski definition) is 2. The second-order valence-corrected chi connectivity index (χ2v) is 42.9. The van der Waals surface area contributed by atoms with Crippen LogP contribution in [0.4, 0.5) is 34.1 Å². The first-order valence-corrected chi connectivity index (χ1v) is 50.0. The summed E-state index contributed by atoms with van der Waals surface area (Å²) in [5.74, 6) is 1.22. The number of aryl methyl sites for hydroxylation is 5. The largest absolute Gasteiger partial charge is 0.310 e. The Hall–Kier alpha value is -13.1. The maximum absolute atomic E-state index is 4.27. The molecular formula is C131H117Br2N2+. The Morgan fingerprint density at radius 3 is 1.04 bits per heavy atom. The lowest BCUT2D eigenvalue weighted by Gasteiger charge is -2.34. The van der Waals surface area contributed by atoms with Crippen molar-refractivity contribution in [3.8, 4) is 66.8 Å². The molecular weight excluding hydrogens is 1760 g/mol. The summed E-state index contributed by atoms with van der Waals surface area (Å²) in [6.07, 6.45) is 0.966. The highest BCUT2D eigenvalue weighted by atomic mass is 79.9. The zero-order valence-electron chi connectivity index (χ0n) is 81.1. The predicted octanol–water partition coefficient (Wildman–Crippen LogP) is 38.7. The number of fused-ring (bicyclic) bond motifs is 9. The van der Waals surface area contributed by atoms with E-state index in [-0.39, 0.29) is 34.0 Å². The van der Waals surface area contributed by atoms with Crippen molar-refractivity contribution in [3.05, 3.63) is 444 Å². The van der Waals surface area contributed by atoms with Crippen LogP contribution < -0.4 is 9.80 Å². The number of halogens is 2. The highest BCUT2D eigenvalue weighted by molar-refractivity contribution is 9.11. The van der Waals surface area contributed by atoms with Gasteiger partial charge in [0, 0.05) is 64.3 Å². The van der Waals surface area contributed by atoms with Crippen molar-refractivity contribution in [3.63, 3.8) is 0 Å². The van der Waals surface area contributed by atoms with Gasteiger partial charge in [0.2, 0.25) is 0 Å². The van der Waals surface area contributed by atoms with Gasteiger partial charge in [0.25, 0.3) is 0 Å². The first kappa shape index (κ1) is 88.5. The molecule has 0 saturated carbocycles. The standard InChI is InChI=1S/C79H70N2.C30H28.C22H19Br2/c1-47(2)63-44-74(80(71-41-54(32-30-49(71)5)52-22-14-12-15-23-52)56-34-39-69-65(43-56)57-26-18-20-28-67(57)78(69,8)9)61-37-35-60-64(48(3)4)45-75(62-38-36-59(63)76(61)77(60)62)81(72-42-55(33-31-50(72)6)53-24-16-13-17-25-53)73-46-66-58-27-19-21-29-68(58)79(10,11)70(66)40-51(73)7;1-20-14-15-23(22-10-6-5-7-11-22)17-24(20)18-25-19-27-26-12-8-9-13-28(26)30(3,4)29(27)16-21(25)2;1-11(2)17-9-19(23)15-8-6-14-18(12(3)4)10-20(24)16-7-5-13(17)21(15)22(14)16/h12-48H,1-11H3;5-17,19H,18H2,1-4H3;5-12H,1H2,2-4H3/q;;+1. The van der Waals surface area contributed by atoms with Crippen LogP contribution in [0.5, 0.6) is 0 Å². The summed E-state index contributed by atoms with van der Waals surface area (Å²) in [7, 11) is 0. The zero-order valence-corrected chi connectivity index (χ0v) is 84.3. The topological polar surface area (TPSA) is 6.48 Å². The lowest BCUT2D eigenvalue weighted by atomic mass is 9.81. The molecule has 0 bridgehead atoms. The minimum atomic E-state index is -0.122. The molecule has 3 aliphatic carbocycles. The summed E-state index contributed by atoms with van der Waals surface area (Å²) in [6, 6.07) is 126. The van der Waals surface area contributed by atoms with Crippen LogP contribution >= 0.6 is 31.9 Å². The van der Waals surface area contributed by atoms with Crippen LogP contribution in [0.15, 0.2) is 343 Å². The molecule has 3 aliphatic rings. The SMILES string of the molecule is Cc1ccc(-c2ccccc2)cc1Cc1cc2c(cc1C)C(C)(C)c1ccccc1-2.Cc1ccc(-c2ccccc2)cc1N(c1ccc2c(c1)-c1ccccc1C2(C)C)c1cc(C(C)C)c2ccc3c(N(c4cc(-c5ccccc5)ccc4C)c4cc5c(cc4C)C(C)(C)c4ccccc4-5)cc(C(C)C)c4ccc1c2c43.[CH2+]C(C)c1cc(Br)c2ccc3c(C(C)C)cc(Br)c4ccc1c2c43. The number of nitrogens with zero attached hydrogens (tertiary/aromatic N) is 2. The molecule has 0 N–H and O–H groups in total. The van der Waals surface area contributed by atoms with Crippen LogP contribution in [0, 0.1) is 41.5 Å². The van der Waals surface area contributed by atoms with Gasteiger partial charge in [0.05, 0.1) is 18.3 Å². The predicted molar refractivity (Wildman–Crippen MR) is 589 cm³/mol. The third-order valence-electron chi connectivity index (χ3n) is 30.6. The van der Waals surface area contributed by atoms with Crippen LogP contribution in [0.25, 0.3) is 131 Å². The summed E-state index contributed by atoms with van der Waals surface area (Å²) in [5.41, 5.74) is 45.5. The van der Waals surface area contributed by atoms with E-state index in [4.69, 9.17) is 0 Å². The minimum Gasteiger partial charge on any atom is -0.310 e. The van der Waals surface area contributed by atoms with E-state index < -0.39 is 0 Å². The molecule has 0 saturated heterocycles. The first-order chi connectivity index (χ1) is 64.9. The van der Waals surface area contributed by atoms with Gasteiger partial charge in [0.15, 0.2) is 0 Å². The molecule has 20 aromatic rings. The quantitative estimate of drug-likeness (QED) is 0.0746. The van der Waals surface area contributed by atoms with Crippen molar-refractivity contribution in [1.29, 1.82) is 0 Å². The smallest absolute Gasteiger partial charge is 0.118 e. The van der Waals surface area contributed by atoms with Gasteiger partial charge in [-0.05, 0) is 330 Å². The molecule has 0 spiro atoms. The normalized spacial score (nSPS) is 13.7. The average molecular weight is 1880 g/mol. The maximum Gasteiger partial charge on any atom is 0.118 e. The molecule has 0 aliphatic heterocycles. The number of rotatable bonds is 15. The molecule has 0 heterocycles. The van der Waals surface area contributed by atoms with E-state index in [9.17, 15) is 0 Å². The van der Waals surface area contributed by atoms with Gasteiger partial charge in [0.1, 0.15) is 5.92 Å². The van der Waals surface area contributed by atoms with Crippen LogP contribution in [0.1, 0.15) is 208 Å². The van der Waals surface area contributed by atoms with Crippen molar-refractivity contribution in [1.82, 2.24) is 0 Å². The Kier molecular flexibility index (Phi) is 22.3. The van der Waals surface area contributed by atoms with E-state index >= 15 is 0 Å². The van der Waals surface area contributed by atoms with Crippen LogP contribution in [0.3, 0.4) is 0 Å². The third-order valence-corrected chi connectivity index (χ3v) is 31.9. The number of hydrogen-bond donors (Lipinski definition) is 0. The molecule has 0 fully saturated rings. The van der Waals surface area contributed by atoms with E-state index in [1.807, 2.05) is 0 Å². The molecule has 23 rings (SSSR count). The van der Waals surface area contributed by atoms with Gasteiger partial charge in [-0.2, -0.15) is 0 Å². The van der Waals surface area contributed by atoms with Gasteiger partial charge in [-0.25, -0.2) is 0 Å². The van der Waals surface area contributed by atoms with E-state index in [1.165, 1.54) is 259 Å². The summed E-state index contributed by atoms with van der Waals surface area (Å²) in [5, 5.41) is 15.7. The van der Waals surface area contributed by atoms with E-state index in [0.717, 1.165) is 16.6 Å². The van der Waals surface area contributed by atoms with Gasteiger partial charge in [-0.15, -0.1) is 0 Å². The Bertz CT molecular complexity index is 8030. The van der Waals surface area contributed by atoms with Crippen LogP contribution in [-0.4, -0.2) is 0 Å². The molecule has 4 heteroatoms. The van der Waals surface area contributed by atoms with E-state index in [0.29, 0.717) is 5.92 Å². The minimum absolute atomic E-state index is 0.0678. The Labute approximate surface area is 815 Å². The second-order valence-electron chi connectivity index (χ2n) is 41.2. The molecule has 1 unspecified atom stereocenters. The van der Waals surface area contributed by atoms with Crippen molar-refractivity contribution in [2.75, 3.05) is 9.80 Å². The zero-order chi connectivity index (χ0) is 93.9. The van der Waals surface area contributed by atoms with Crippen LogP contribution in [0.2, 0.25) is 0 Å². The molecule has 2 nitrogen and oxygen atoms in total. The van der Waals surface area contributed by atoms with Gasteiger partial charge >= 0.3 is 0 Å². The van der Waals surface area contributed by atoms with Crippen molar-refractivity contribution in [2.45, 2.75) is 171 Å². The molecule has 135 heavy (non-hydrogen) atoms. The van der Waals surface area contributed by atoms with Crippen molar-refractivity contribution < 1.29 is 0 Å². The molecule has 1 atom stereocenters. The van der Waals surface area contributed by atoms with Gasteiger partial charge in [-0.1, -0.05) is 394 Å². The molecule has 0 amide bonds. The van der Waals surface area contributed by atoms with Crippen molar-refractivity contribution >= 4 is 131 Å².